The zero-order valence-corrected chi connectivity index (χ0v) is 22.0. The molecule has 2 aromatic carbocycles. The van der Waals surface area contributed by atoms with Crippen molar-refractivity contribution in [3.63, 3.8) is 0 Å². The van der Waals surface area contributed by atoms with Crippen LogP contribution in [0.15, 0.2) is 53.3 Å². The first-order valence-corrected chi connectivity index (χ1v) is 12.6. The molecule has 0 aliphatic carbocycles. The Bertz CT molecular complexity index is 1370. The van der Waals surface area contributed by atoms with Crippen LogP contribution in [0.2, 0.25) is 10.0 Å². The summed E-state index contributed by atoms with van der Waals surface area (Å²) in [6.45, 7) is 6.84. The third kappa shape index (κ3) is 5.59. The molecule has 4 rings (SSSR count). The van der Waals surface area contributed by atoms with Crippen LogP contribution >= 0.6 is 23.2 Å². The van der Waals surface area contributed by atoms with E-state index in [2.05, 4.69) is 31.0 Å². The van der Waals surface area contributed by atoms with Crippen molar-refractivity contribution in [3.05, 3.63) is 91.3 Å². The summed E-state index contributed by atoms with van der Waals surface area (Å²) in [5.41, 5.74) is 2.64. The summed E-state index contributed by atoms with van der Waals surface area (Å²) < 4.78 is 1.57. The number of rotatable bonds is 6. The third-order valence-corrected chi connectivity index (χ3v) is 6.79. The first kappa shape index (κ1) is 25.8. The lowest BCUT2D eigenvalue weighted by atomic mass is 9.96. The second kappa shape index (κ2) is 11.2. The molecular formula is C28H28Cl2N4O2. The van der Waals surface area contributed by atoms with Crippen molar-refractivity contribution in [2.45, 2.75) is 46.3 Å². The van der Waals surface area contributed by atoms with Crippen LogP contribution < -0.4 is 10.9 Å². The van der Waals surface area contributed by atoms with E-state index < -0.39 is 0 Å². The van der Waals surface area contributed by atoms with Gasteiger partial charge in [-0.25, -0.2) is 4.98 Å². The lowest BCUT2D eigenvalue weighted by Gasteiger charge is -2.30. The van der Waals surface area contributed by atoms with Gasteiger partial charge in [0, 0.05) is 28.6 Å². The number of carbonyl (C=O) groups excluding carboxylic acids is 1. The van der Waals surface area contributed by atoms with E-state index in [0.29, 0.717) is 45.8 Å². The summed E-state index contributed by atoms with van der Waals surface area (Å²) >= 11 is 12.1. The zero-order valence-electron chi connectivity index (χ0n) is 20.5. The standard InChI is InChI=1S/C28H28Cl2N4O2/c1-4-5-15-34-27(36)23-17-33(26(35)20-8-12-22(30)13-9-20)16-14-24(23)31-28(34)32-25(18(2)3)19-6-10-21(29)11-7-19/h6-13,18,25H,14-17H2,1-3H3,(H,31,32)/t25-/m0/s1. The summed E-state index contributed by atoms with van der Waals surface area (Å²) in [5, 5.41) is 4.73. The topological polar surface area (TPSA) is 67.2 Å². The average molecular weight is 523 g/mol. The minimum atomic E-state index is -0.183. The molecule has 8 heteroatoms. The van der Waals surface area contributed by atoms with Crippen LogP contribution in [0.25, 0.3) is 0 Å². The van der Waals surface area contributed by atoms with E-state index in [1.165, 1.54) is 0 Å². The van der Waals surface area contributed by atoms with Crippen molar-refractivity contribution in [3.8, 4) is 11.8 Å². The monoisotopic (exact) mass is 522 g/mol. The highest BCUT2D eigenvalue weighted by Gasteiger charge is 2.28. The van der Waals surface area contributed by atoms with Crippen molar-refractivity contribution in [2.24, 2.45) is 5.92 Å². The highest BCUT2D eigenvalue weighted by Crippen LogP contribution is 2.28. The molecule has 0 radical (unpaired) electrons. The molecule has 186 valence electrons. The third-order valence-electron chi connectivity index (χ3n) is 6.29. The molecule has 1 aliphatic heterocycles. The molecule has 0 saturated heterocycles. The minimum Gasteiger partial charge on any atom is -0.348 e. The summed E-state index contributed by atoms with van der Waals surface area (Å²) in [4.78, 5) is 33.3. The highest BCUT2D eigenvalue weighted by molar-refractivity contribution is 6.30. The van der Waals surface area contributed by atoms with Gasteiger partial charge in [0.05, 0.1) is 30.4 Å². The van der Waals surface area contributed by atoms with Gasteiger partial charge >= 0.3 is 0 Å². The maximum absolute atomic E-state index is 13.7. The molecule has 0 fully saturated rings. The van der Waals surface area contributed by atoms with Crippen LogP contribution in [0.3, 0.4) is 0 Å². The fourth-order valence-corrected chi connectivity index (χ4v) is 4.57. The van der Waals surface area contributed by atoms with Crippen LogP contribution in [-0.2, 0) is 19.5 Å². The fourth-order valence-electron chi connectivity index (χ4n) is 4.32. The van der Waals surface area contributed by atoms with Gasteiger partial charge < -0.3 is 10.2 Å². The Hall–Kier alpha value is -3.27. The van der Waals surface area contributed by atoms with Crippen molar-refractivity contribution in [1.29, 1.82) is 0 Å². The first-order valence-electron chi connectivity index (χ1n) is 11.9. The Labute approximate surface area is 221 Å². The molecule has 6 nitrogen and oxygen atoms in total. The maximum atomic E-state index is 13.7. The number of hydrogen-bond acceptors (Lipinski definition) is 4. The van der Waals surface area contributed by atoms with Crippen LogP contribution in [0.5, 0.6) is 0 Å². The minimum absolute atomic E-state index is 0.0837. The second-order valence-electron chi connectivity index (χ2n) is 9.08. The quantitative estimate of drug-likeness (QED) is 0.429. The number of amides is 1. The van der Waals surface area contributed by atoms with Crippen molar-refractivity contribution in [2.75, 3.05) is 11.9 Å². The SMILES string of the molecule is CC#CCn1c(N[C@H](c2ccc(Cl)cc2)C(C)C)nc2c(c1=O)CN(C(=O)c1ccc(Cl)cc1)CC2. The largest absolute Gasteiger partial charge is 0.348 e. The molecule has 2 heterocycles. The summed E-state index contributed by atoms with van der Waals surface area (Å²) in [7, 11) is 0. The summed E-state index contributed by atoms with van der Waals surface area (Å²) in [6, 6.07) is 14.4. The van der Waals surface area contributed by atoms with Crippen LogP contribution in [0.1, 0.15) is 54.0 Å². The van der Waals surface area contributed by atoms with Gasteiger partial charge in [0.25, 0.3) is 11.5 Å². The van der Waals surface area contributed by atoms with E-state index in [-0.39, 0.29) is 36.5 Å². The van der Waals surface area contributed by atoms with E-state index in [1.807, 2.05) is 24.3 Å². The fraction of sp³-hybridized carbons (Fsp3) is 0.321. The van der Waals surface area contributed by atoms with Gasteiger partial charge in [-0.1, -0.05) is 55.1 Å². The Balaban J connectivity index is 1.69. The van der Waals surface area contributed by atoms with Gasteiger partial charge in [-0.3, -0.25) is 14.2 Å². The Kier molecular flexibility index (Phi) is 8.03. The van der Waals surface area contributed by atoms with Gasteiger partial charge in [0.2, 0.25) is 5.95 Å². The van der Waals surface area contributed by atoms with Crippen LogP contribution in [-0.4, -0.2) is 26.9 Å². The van der Waals surface area contributed by atoms with Gasteiger partial charge in [-0.15, -0.1) is 5.92 Å². The molecule has 1 amide bonds. The predicted octanol–water partition coefficient (Wildman–Crippen LogP) is 5.58. The molecular weight excluding hydrogens is 495 g/mol. The molecule has 1 atom stereocenters. The Morgan fingerprint density at radius 2 is 1.72 bits per heavy atom. The predicted molar refractivity (Wildman–Crippen MR) is 144 cm³/mol. The molecule has 3 aromatic rings. The van der Waals surface area contributed by atoms with E-state index in [1.54, 1.807) is 40.7 Å². The van der Waals surface area contributed by atoms with E-state index in [9.17, 15) is 9.59 Å². The highest BCUT2D eigenvalue weighted by atomic mass is 35.5. The van der Waals surface area contributed by atoms with Crippen LogP contribution in [0, 0.1) is 17.8 Å². The maximum Gasteiger partial charge on any atom is 0.261 e. The van der Waals surface area contributed by atoms with Gasteiger partial charge in [0.1, 0.15) is 0 Å². The van der Waals surface area contributed by atoms with Gasteiger partial charge in [0.15, 0.2) is 0 Å². The molecule has 1 aromatic heterocycles. The van der Waals surface area contributed by atoms with Crippen LogP contribution in [0.4, 0.5) is 5.95 Å². The number of anilines is 1. The normalized spacial score (nSPS) is 13.6. The van der Waals surface area contributed by atoms with E-state index in [0.717, 1.165) is 5.56 Å². The molecule has 36 heavy (non-hydrogen) atoms. The van der Waals surface area contributed by atoms with E-state index >= 15 is 0 Å². The zero-order chi connectivity index (χ0) is 25.8. The average Bonchev–Trinajstić information content (AvgIpc) is 2.87. The molecule has 0 saturated carbocycles. The molecule has 1 aliphatic rings. The van der Waals surface area contributed by atoms with Crippen molar-refractivity contribution in [1.82, 2.24) is 14.5 Å². The van der Waals surface area contributed by atoms with Crippen molar-refractivity contribution >= 4 is 35.1 Å². The molecule has 0 spiro atoms. The van der Waals surface area contributed by atoms with Gasteiger partial charge in [-0.05, 0) is 54.8 Å². The number of nitrogens with one attached hydrogen (secondary N) is 1. The van der Waals surface area contributed by atoms with Gasteiger partial charge in [-0.2, -0.15) is 0 Å². The lowest BCUT2D eigenvalue weighted by molar-refractivity contribution is 0.0732. The lowest BCUT2D eigenvalue weighted by Crippen LogP contribution is -2.41. The van der Waals surface area contributed by atoms with Crippen molar-refractivity contribution < 1.29 is 4.79 Å². The number of fused-ring (bicyclic) bond motifs is 1. The summed E-state index contributed by atoms with van der Waals surface area (Å²) in [6.07, 6.45) is 0.492. The number of hydrogen-bond donors (Lipinski definition) is 1. The number of nitrogens with zero attached hydrogens (tertiary/aromatic N) is 3. The smallest absolute Gasteiger partial charge is 0.261 e. The Morgan fingerprint density at radius 1 is 1.08 bits per heavy atom. The second-order valence-corrected chi connectivity index (χ2v) is 9.95. The molecule has 1 N–H and O–H groups in total. The molecule has 0 bridgehead atoms. The number of carbonyl (C=O) groups is 1. The summed E-state index contributed by atoms with van der Waals surface area (Å²) in [5.74, 6) is 6.41. The first-order chi connectivity index (χ1) is 17.3. The Morgan fingerprint density at radius 3 is 2.33 bits per heavy atom. The number of halogens is 2. The molecule has 0 unspecified atom stereocenters. The number of aromatic nitrogens is 2. The number of benzene rings is 2. The van der Waals surface area contributed by atoms with E-state index in [4.69, 9.17) is 28.2 Å².